The Balaban J connectivity index is 2.30. The summed E-state index contributed by atoms with van der Waals surface area (Å²) in [5.74, 6) is 1.09. The quantitative estimate of drug-likeness (QED) is 0.735. The van der Waals surface area contributed by atoms with Crippen molar-refractivity contribution in [3.63, 3.8) is 0 Å². The Kier molecular flexibility index (Phi) is 3.46. The number of rotatable bonds is 4. The van der Waals surface area contributed by atoms with Gasteiger partial charge in [0.25, 0.3) is 5.91 Å². The molecule has 0 aliphatic carbocycles. The molecular weight excluding hydrogens is 242 g/mol. The van der Waals surface area contributed by atoms with Gasteiger partial charge in [0.1, 0.15) is 11.5 Å². The van der Waals surface area contributed by atoms with Crippen LogP contribution in [0.25, 0.3) is 0 Å². The van der Waals surface area contributed by atoms with Crippen molar-refractivity contribution in [1.82, 2.24) is 0 Å². The maximum atomic E-state index is 11.4. The van der Waals surface area contributed by atoms with E-state index < -0.39 is 5.91 Å². The number of anilines is 2. The Labute approximate surface area is 111 Å². The molecule has 100 valence electrons. The Hall–Kier alpha value is -2.43. The highest BCUT2D eigenvalue weighted by atomic mass is 16.3. The van der Waals surface area contributed by atoms with Gasteiger partial charge in [0.2, 0.25) is 0 Å². The average molecular weight is 259 g/mol. The first kappa shape index (κ1) is 13.0. The first-order valence-electron chi connectivity index (χ1n) is 6.00. The molecule has 1 atom stereocenters. The van der Waals surface area contributed by atoms with Crippen LogP contribution in [0.1, 0.15) is 34.8 Å². The number of furan rings is 1. The fourth-order valence-corrected chi connectivity index (χ4v) is 1.91. The van der Waals surface area contributed by atoms with Gasteiger partial charge in [-0.1, -0.05) is 6.07 Å². The third kappa shape index (κ3) is 2.70. The van der Waals surface area contributed by atoms with Crippen LogP contribution in [-0.4, -0.2) is 5.91 Å². The van der Waals surface area contributed by atoms with Gasteiger partial charge in [0, 0.05) is 0 Å². The van der Waals surface area contributed by atoms with Gasteiger partial charge in [0.15, 0.2) is 0 Å². The first-order valence-corrected chi connectivity index (χ1v) is 6.00. The summed E-state index contributed by atoms with van der Waals surface area (Å²) in [6.45, 7) is 3.80. The minimum atomic E-state index is -0.516. The third-order valence-corrected chi connectivity index (χ3v) is 2.91. The standard InChI is InChI=1S/C14H17N3O2/c1-8-6-7-12(19-8)9(2)17-13-10(14(16)18)4-3-5-11(13)15/h3-7,9,17H,15H2,1-2H3,(H2,16,18). The molecule has 19 heavy (non-hydrogen) atoms. The van der Waals surface area contributed by atoms with Gasteiger partial charge in [-0.25, -0.2) is 0 Å². The molecule has 0 saturated heterocycles. The van der Waals surface area contributed by atoms with E-state index in [0.717, 1.165) is 11.5 Å². The van der Waals surface area contributed by atoms with Gasteiger partial charge < -0.3 is 21.2 Å². The summed E-state index contributed by atoms with van der Waals surface area (Å²) < 4.78 is 5.54. The van der Waals surface area contributed by atoms with E-state index in [1.165, 1.54) is 0 Å². The molecule has 1 aromatic heterocycles. The average Bonchev–Trinajstić information content (AvgIpc) is 2.78. The Morgan fingerprint density at radius 1 is 1.32 bits per heavy atom. The van der Waals surface area contributed by atoms with Crippen LogP contribution in [0, 0.1) is 6.92 Å². The number of nitrogens with one attached hydrogen (secondary N) is 1. The number of hydrogen-bond acceptors (Lipinski definition) is 4. The lowest BCUT2D eigenvalue weighted by Gasteiger charge is -2.17. The van der Waals surface area contributed by atoms with Crippen molar-refractivity contribution in [3.8, 4) is 0 Å². The van der Waals surface area contributed by atoms with Gasteiger partial charge in [-0.15, -0.1) is 0 Å². The van der Waals surface area contributed by atoms with Crippen molar-refractivity contribution in [2.24, 2.45) is 5.73 Å². The van der Waals surface area contributed by atoms with Gasteiger partial charge >= 0.3 is 0 Å². The normalized spacial score (nSPS) is 12.1. The van der Waals surface area contributed by atoms with Gasteiger partial charge in [0.05, 0.1) is 23.0 Å². The molecule has 0 aliphatic heterocycles. The van der Waals surface area contributed by atoms with E-state index in [1.807, 2.05) is 26.0 Å². The molecule has 2 aromatic rings. The van der Waals surface area contributed by atoms with Crippen molar-refractivity contribution in [2.45, 2.75) is 19.9 Å². The van der Waals surface area contributed by atoms with Gasteiger partial charge in [-0.05, 0) is 38.1 Å². The first-order chi connectivity index (χ1) is 8.99. The zero-order valence-corrected chi connectivity index (χ0v) is 10.9. The van der Waals surface area contributed by atoms with Gasteiger partial charge in [-0.2, -0.15) is 0 Å². The molecular formula is C14H17N3O2. The number of primary amides is 1. The Morgan fingerprint density at radius 3 is 2.63 bits per heavy atom. The van der Waals surface area contributed by atoms with Crippen molar-refractivity contribution >= 4 is 17.3 Å². The lowest BCUT2D eigenvalue weighted by molar-refractivity contribution is 0.100. The summed E-state index contributed by atoms with van der Waals surface area (Å²) in [5, 5.41) is 3.17. The molecule has 0 aliphatic rings. The fourth-order valence-electron chi connectivity index (χ4n) is 1.91. The Morgan fingerprint density at radius 2 is 2.05 bits per heavy atom. The molecule has 5 heteroatoms. The number of aryl methyl sites for hydroxylation is 1. The highest BCUT2D eigenvalue weighted by Crippen LogP contribution is 2.28. The minimum absolute atomic E-state index is 0.114. The largest absolute Gasteiger partial charge is 0.464 e. The van der Waals surface area contributed by atoms with E-state index in [1.54, 1.807) is 18.2 Å². The van der Waals surface area contributed by atoms with Crippen molar-refractivity contribution < 1.29 is 9.21 Å². The number of para-hydroxylation sites is 1. The molecule has 0 fully saturated rings. The molecule has 1 amide bonds. The van der Waals surface area contributed by atoms with Crippen LogP contribution in [0.5, 0.6) is 0 Å². The number of carbonyl (C=O) groups is 1. The molecule has 5 N–H and O–H groups in total. The topological polar surface area (TPSA) is 94.3 Å². The second-order valence-corrected chi connectivity index (χ2v) is 4.45. The van der Waals surface area contributed by atoms with Crippen molar-refractivity contribution in [2.75, 3.05) is 11.1 Å². The van der Waals surface area contributed by atoms with Crippen LogP contribution in [0.3, 0.4) is 0 Å². The molecule has 0 spiro atoms. The second kappa shape index (κ2) is 5.06. The molecule has 1 aromatic carbocycles. The third-order valence-electron chi connectivity index (χ3n) is 2.91. The number of carbonyl (C=O) groups excluding carboxylic acids is 1. The van der Waals surface area contributed by atoms with Crippen LogP contribution in [0.2, 0.25) is 0 Å². The predicted molar refractivity (Wildman–Crippen MR) is 74.9 cm³/mol. The minimum Gasteiger partial charge on any atom is -0.464 e. The van der Waals surface area contributed by atoms with Crippen LogP contribution < -0.4 is 16.8 Å². The van der Waals surface area contributed by atoms with E-state index in [0.29, 0.717) is 16.9 Å². The van der Waals surface area contributed by atoms with E-state index in [-0.39, 0.29) is 6.04 Å². The number of amides is 1. The maximum absolute atomic E-state index is 11.4. The summed E-state index contributed by atoms with van der Waals surface area (Å²) in [6.07, 6.45) is 0. The van der Waals surface area contributed by atoms with E-state index >= 15 is 0 Å². The lowest BCUT2D eigenvalue weighted by Crippen LogP contribution is -2.17. The van der Waals surface area contributed by atoms with E-state index in [2.05, 4.69) is 5.32 Å². The van der Waals surface area contributed by atoms with E-state index in [9.17, 15) is 4.79 Å². The van der Waals surface area contributed by atoms with Crippen LogP contribution in [-0.2, 0) is 0 Å². The molecule has 1 unspecified atom stereocenters. The highest BCUT2D eigenvalue weighted by Gasteiger charge is 2.15. The molecule has 1 heterocycles. The molecule has 5 nitrogen and oxygen atoms in total. The van der Waals surface area contributed by atoms with Crippen LogP contribution >= 0.6 is 0 Å². The number of nitrogens with two attached hydrogens (primary N) is 2. The van der Waals surface area contributed by atoms with E-state index in [4.69, 9.17) is 15.9 Å². The van der Waals surface area contributed by atoms with Crippen LogP contribution in [0.4, 0.5) is 11.4 Å². The Bertz CT molecular complexity index is 604. The molecule has 0 bridgehead atoms. The lowest BCUT2D eigenvalue weighted by atomic mass is 10.1. The smallest absolute Gasteiger partial charge is 0.250 e. The number of nitrogen functional groups attached to an aromatic ring is 1. The summed E-state index contributed by atoms with van der Waals surface area (Å²) in [4.78, 5) is 11.4. The SMILES string of the molecule is Cc1ccc(C(C)Nc2c(N)cccc2C(N)=O)o1. The second-order valence-electron chi connectivity index (χ2n) is 4.45. The summed E-state index contributed by atoms with van der Waals surface area (Å²) in [7, 11) is 0. The fraction of sp³-hybridized carbons (Fsp3) is 0.214. The number of benzene rings is 1. The maximum Gasteiger partial charge on any atom is 0.250 e. The van der Waals surface area contributed by atoms with Gasteiger partial charge in [-0.3, -0.25) is 4.79 Å². The number of hydrogen-bond donors (Lipinski definition) is 3. The highest BCUT2D eigenvalue weighted by molar-refractivity contribution is 6.01. The summed E-state index contributed by atoms with van der Waals surface area (Å²) >= 11 is 0. The monoisotopic (exact) mass is 259 g/mol. The summed E-state index contributed by atoms with van der Waals surface area (Å²) in [5.41, 5.74) is 12.6. The molecule has 0 saturated carbocycles. The molecule has 2 rings (SSSR count). The predicted octanol–water partition coefficient (Wildman–Crippen LogP) is 2.44. The van der Waals surface area contributed by atoms with Crippen molar-refractivity contribution in [1.29, 1.82) is 0 Å². The molecule has 0 radical (unpaired) electrons. The van der Waals surface area contributed by atoms with Crippen molar-refractivity contribution in [3.05, 3.63) is 47.4 Å². The summed E-state index contributed by atoms with van der Waals surface area (Å²) in [6, 6.07) is 8.71. The zero-order valence-electron chi connectivity index (χ0n) is 10.9. The zero-order chi connectivity index (χ0) is 14.0. The van der Waals surface area contributed by atoms with Crippen LogP contribution in [0.15, 0.2) is 34.7 Å².